The summed E-state index contributed by atoms with van der Waals surface area (Å²) >= 11 is 0. The van der Waals surface area contributed by atoms with E-state index >= 15 is 0 Å². The summed E-state index contributed by atoms with van der Waals surface area (Å²) in [4.78, 5) is 4.16. The number of benzene rings is 1. The number of pyridine rings is 1. The van der Waals surface area contributed by atoms with E-state index in [0.29, 0.717) is 6.04 Å². The lowest BCUT2D eigenvalue weighted by atomic mass is 10.0. The lowest BCUT2D eigenvalue weighted by molar-refractivity contribution is 0.479. The smallest absolute Gasteiger partial charge is 0.0423 e. The second kappa shape index (κ2) is 4.72. The summed E-state index contributed by atoms with van der Waals surface area (Å²) in [5, 5.41) is 9.51. The summed E-state index contributed by atoms with van der Waals surface area (Å²) in [5.74, 6) is 0. The Bertz CT molecular complexity index is 498. The van der Waals surface area contributed by atoms with Gasteiger partial charge >= 0.3 is 0 Å². The minimum absolute atomic E-state index is 0.593. The summed E-state index contributed by atoms with van der Waals surface area (Å²) in [6, 6.07) is 9.03. The Labute approximate surface area is 101 Å². The summed E-state index contributed by atoms with van der Waals surface area (Å²) in [7, 11) is 0. The minimum Gasteiger partial charge on any atom is -0.382 e. The summed E-state index contributed by atoms with van der Waals surface area (Å²) in [6.45, 7) is 2.23. The third-order valence-corrected chi connectivity index (χ3v) is 3.38. The van der Waals surface area contributed by atoms with Crippen LogP contribution in [0.15, 0.2) is 36.7 Å². The molecule has 1 aliphatic rings. The molecule has 2 N–H and O–H groups in total. The number of nitrogens with one attached hydrogen (secondary N) is 2. The van der Waals surface area contributed by atoms with Crippen molar-refractivity contribution in [3.05, 3.63) is 36.7 Å². The van der Waals surface area contributed by atoms with Crippen LogP contribution < -0.4 is 10.6 Å². The van der Waals surface area contributed by atoms with Crippen LogP contribution in [0, 0.1) is 0 Å². The van der Waals surface area contributed by atoms with E-state index in [-0.39, 0.29) is 0 Å². The first-order valence-electron chi connectivity index (χ1n) is 6.23. The summed E-state index contributed by atoms with van der Waals surface area (Å²) in [6.07, 6.45) is 6.17. The van der Waals surface area contributed by atoms with Crippen molar-refractivity contribution in [2.24, 2.45) is 0 Å². The molecular weight excluding hydrogens is 210 g/mol. The van der Waals surface area contributed by atoms with Gasteiger partial charge in [0.2, 0.25) is 0 Å². The highest BCUT2D eigenvalue weighted by molar-refractivity contribution is 5.93. The quantitative estimate of drug-likeness (QED) is 0.827. The fraction of sp³-hybridized carbons (Fsp3) is 0.357. The molecule has 0 radical (unpaired) electrons. The molecule has 0 amide bonds. The molecule has 0 aliphatic carbocycles. The van der Waals surface area contributed by atoms with Crippen LogP contribution in [-0.2, 0) is 0 Å². The van der Waals surface area contributed by atoms with Gasteiger partial charge in [0.05, 0.1) is 0 Å². The van der Waals surface area contributed by atoms with Crippen molar-refractivity contribution in [2.75, 3.05) is 18.4 Å². The fourth-order valence-corrected chi connectivity index (χ4v) is 2.43. The summed E-state index contributed by atoms with van der Waals surface area (Å²) < 4.78 is 0. The molecular formula is C14H17N3. The molecule has 1 aromatic carbocycles. The number of hydrogen-bond donors (Lipinski definition) is 2. The van der Waals surface area contributed by atoms with Crippen molar-refractivity contribution in [3.63, 3.8) is 0 Å². The highest BCUT2D eigenvalue weighted by Crippen LogP contribution is 2.24. The van der Waals surface area contributed by atoms with E-state index in [4.69, 9.17) is 0 Å². The van der Waals surface area contributed by atoms with Crippen LogP contribution in [0.2, 0.25) is 0 Å². The summed E-state index contributed by atoms with van der Waals surface area (Å²) in [5.41, 5.74) is 1.23. The van der Waals surface area contributed by atoms with Gasteiger partial charge in [0.1, 0.15) is 0 Å². The predicted molar refractivity (Wildman–Crippen MR) is 71.3 cm³/mol. The largest absolute Gasteiger partial charge is 0.382 e. The SMILES string of the molecule is c1cc(NC2CCNCC2)c2ccncc2c1. The average Bonchev–Trinajstić information content (AvgIpc) is 2.40. The molecule has 0 saturated carbocycles. The van der Waals surface area contributed by atoms with Gasteiger partial charge in [-0.1, -0.05) is 12.1 Å². The van der Waals surface area contributed by atoms with Gasteiger partial charge in [0.25, 0.3) is 0 Å². The van der Waals surface area contributed by atoms with Crippen LogP contribution in [-0.4, -0.2) is 24.1 Å². The van der Waals surface area contributed by atoms with E-state index in [1.807, 2.05) is 12.4 Å². The lowest BCUT2D eigenvalue weighted by Crippen LogP contribution is -2.35. The Kier molecular flexibility index (Phi) is 2.92. The highest BCUT2D eigenvalue weighted by atomic mass is 15.0. The molecule has 1 fully saturated rings. The third kappa shape index (κ3) is 2.24. The van der Waals surface area contributed by atoms with Gasteiger partial charge in [0.15, 0.2) is 0 Å². The fourth-order valence-electron chi connectivity index (χ4n) is 2.43. The zero-order chi connectivity index (χ0) is 11.5. The van der Waals surface area contributed by atoms with Crippen molar-refractivity contribution in [3.8, 4) is 0 Å². The van der Waals surface area contributed by atoms with Crippen molar-refractivity contribution >= 4 is 16.5 Å². The number of piperidine rings is 1. The second-order valence-electron chi connectivity index (χ2n) is 4.57. The van der Waals surface area contributed by atoms with Crippen LogP contribution in [0.5, 0.6) is 0 Å². The van der Waals surface area contributed by atoms with Crippen LogP contribution in [0.25, 0.3) is 10.8 Å². The van der Waals surface area contributed by atoms with Crippen molar-refractivity contribution in [1.82, 2.24) is 10.3 Å². The zero-order valence-electron chi connectivity index (χ0n) is 9.82. The van der Waals surface area contributed by atoms with E-state index in [1.54, 1.807) is 0 Å². The molecule has 0 spiro atoms. The zero-order valence-corrected chi connectivity index (χ0v) is 9.82. The van der Waals surface area contributed by atoms with Crippen LogP contribution in [0.4, 0.5) is 5.69 Å². The first-order chi connectivity index (χ1) is 8.43. The van der Waals surface area contributed by atoms with Gasteiger partial charge in [0, 0.05) is 34.9 Å². The van der Waals surface area contributed by atoms with Crippen molar-refractivity contribution in [2.45, 2.75) is 18.9 Å². The number of fused-ring (bicyclic) bond motifs is 1. The van der Waals surface area contributed by atoms with Crippen LogP contribution in [0.1, 0.15) is 12.8 Å². The molecule has 3 heteroatoms. The number of anilines is 1. The molecule has 0 atom stereocenters. The maximum absolute atomic E-state index is 4.16. The first kappa shape index (κ1) is 10.5. The Morgan fingerprint density at radius 1 is 1.18 bits per heavy atom. The number of aromatic nitrogens is 1. The van der Waals surface area contributed by atoms with E-state index in [0.717, 1.165) is 13.1 Å². The van der Waals surface area contributed by atoms with Gasteiger partial charge in [-0.15, -0.1) is 0 Å². The van der Waals surface area contributed by atoms with Crippen LogP contribution >= 0.6 is 0 Å². The molecule has 1 saturated heterocycles. The molecule has 3 rings (SSSR count). The highest BCUT2D eigenvalue weighted by Gasteiger charge is 2.13. The first-order valence-corrected chi connectivity index (χ1v) is 6.23. The lowest BCUT2D eigenvalue weighted by Gasteiger charge is -2.25. The molecule has 3 nitrogen and oxygen atoms in total. The molecule has 88 valence electrons. The van der Waals surface area contributed by atoms with Gasteiger partial charge in [-0.25, -0.2) is 0 Å². The maximum Gasteiger partial charge on any atom is 0.0423 e. The van der Waals surface area contributed by atoms with Gasteiger partial charge in [-0.3, -0.25) is 4.98 Å². The number of hydrogen-bond acceptors (Lipinski definition) is 3. The number of rotatable bonds is 2. The Morgan fingerprint density at radius 3 is 2.94 bits per heavy atom. The topological polar surface area (TPSA) is 37.0 Å². The predicted octanol–water partition coefficient (Wildman–Crippen LogP) is 2.40. The standard InChI is InChI=1S/C14H17N3/c1-2-11-10-16-9-6-13(11)14(3-1)17-12-4-7-15-8-5-12/h1-3,6,9-10,12,15,17H,4-5,7-8H2. The molecule has 0 bridgehead atoms. The Morgan fingerprint density at radius 2 is 2.06 bits per heavy atom. The maximum atomic E-state index is 4.16. The van der Waals surface area contributed by atoms with Gasteiger partial charge in [-0.05, 0) is 38.1 Å². The normalized spacial score (nSPS) is 17.2. The number of nitrogens with zero attached hydrogens (tertiary/aromatic N) is 1. The monoisotopic (exact) mass is 227 g/mol. The van der Waals surface area contributed by atoms with Gasteiger partial charge < -0.3 is 10.6 Å². The van der Waals surface area contributed by atoms with Crippen molar-refractivity contribution in [1.29, 1.82) is 0 Å². The third-order valence-electron chi connectivity index (χ3n) is 3.38. The molecule has 1 aliphatic heterocycles. The molecule has 2 aromatic rings. The Balaban J connectivity index is 1.89. The van der Waals surface area contributed by atoms with E-state index < -0.39 is 0 Å². The average molecular weight is 227 g/mol. The van der Waals surface area contributed by atoms with Crippen LogP contribution in [0.3, 0.4) is 0 Å². The van der Waals surface area contributed by atoms with E-state index in [9.17, 15) is 0 Å². The molecule has 2 heterocycles. The second-order valence-corrected chi connectivity index (χ2v) is 4.57. The molecule has 1 aromatic heterocycles. The Hall–Kier alpha value is -1.61. The minimum atomic E-state index is 0.593. The van der Waals surface area contributed by atoms with Crippen molar-refractivity contribution < 1.29 is 0 Å². The molecule has 0 unspecified atom stereocenters. The van der Waals surface area contributed by atoms with Gasteiger partial charge in [-0.2, -0.15) is 0 Å². The van der Waals surface area contributed by atoms with E-state index in [2.05, 4.69) is 39.9 Å². The van der Waals surface area contributed by atoms with E-state index in [1.165, 1.54) is 29.3 Å². The molecule has 17 heavy (non-hydrogen) atoms.